The van der Waals surface area contributed by atoms with Gasteiger partial charge in [0.15, 0.2) is 0 Å². The highest BCUT2D eigenvalue weighted by Crippen LogP contribution is 2.30. The summed E-state index contributed by atoms with van der Waals surface area (Å²) in [5, 5.41) is 2.93. The predicted octanol–water partition coefficient (Wildman–Crippen LogP) is 1.52. The van der Waals surface area contributed by atoms with E-state index in [1.807, 2.05) is 13.8 Å². The average Bonchev–Trinajstić information content (AvgIpc) is 2.49. The highest BCUT2D eigenvalue weighted by atomic mass is 16.2. The first-order chi connectivity index (χ1) is 10.1. The lowest BCUT2D eigenvalue weighted by atomic mass is 9.79. The van der Waals surface area contributed by atoms with Crippen molar-refractivity contribution in [1.82, 2.24) is 10.2 Å². The van der Waals surface area contributed by atoms with Crippen molar-refractivity contribution in [3.05, 3.63) is 0 Å². The van der Waals surface area contributed by atoms with Gasteiger partial charge in [0.1, 0.15) is 0 Å². The van der Waals surface area contributed by atoms with E-state index >= 15 is 0 Å². The van der Waals surface area contributed by atoms with E-state index in [0.717, 1.165) is 38.8 Å². The topological polar surface area (TPSA) is 75.4 Å². The van der Waals surface area contributed by atoms with Crippen molar-refractivity contribution in [3.63, 3.8) is 0 Å². The van der Waals surface area contributed by atoms with Crippen LogP contribution < -0.4 is 11.1 Å². The van der Waals surface area contributed by atoms with Gasteiger partial charge < -0.3 is 16.0 Å². The van der Waals surface area contributed by atoms with Crippen molar-refractivity contribution in [2.75, 3.05) is 26.2 Å². The maximum Gasteiger partial charge on any atom is 0.224 e. The first kappa shape index (κ1) is 18.0. The molecule has 2 atom stereocenters. The molecule has 0 heterocycles. The van der Waals surface area contributed by atoms with E-state index in [9.17, 15) is 9.59 Å². The Morgan fingerprint density at radius 2 is 1.95 bits per heavy atom. The van der Waals surface area contributed by atoms with Gasteiger partial charge in [-0.05, 0) is 45.6 Å². The highest BCUT2D eigenvalue weighted by molar-refractivity contribution is 5.80. The summed E-state index contributed by atoms with van der Waals surface area (Å²) in [7, 11) is 0. The zero-order valence-electron chi connectivity index (χ0n) is 13.6. The number of rotatable bonds is 8. The van der Waals surface area contributed by atoms with Crippen LogP contribution in [0.1, 0.15) is 52.4 Å². The van der Waals surface area contributed by atoms with Crippen molar-refractivity contribution in [2.45, 2.75) is 52.4 Å². The summed E-state index contributed by atoms with van der Waals surface area (Å²) in [5.74, 6) is 0.935. The van der Waals surface area contributed by atoms with Gasteiger partial charge in [-0.2, -0.15) is 0 Å². The van der Waals surface area contributed by atoms with Gasteiger partial charge in [-0.25, -0.2) is 0 Å². The number of hydrogen-bond donors (Lipinski definition) is 2. The molecule has 0 aromatic carbocycles. The summed E-state index contributed by atoms with van der Waals surface area (Å²) in [4.78, 5) is 25.8. The molecule has 0 aliphatic heterocycles. The Labute approximate surface area is 128 Å². The number of carbonyl (C=O) groups is 2. The Morgan fingerprint density at radius 3 is 2.57 bits per heavy atom. The summed E-state index contributed by atoms with van der Waals surface area (Å²) in [5.41, 5.74) is 5.61. The lowest BCUT2D eigenvalue weighted by Crippen LogP contribution is -2.37. The summed E-state index contributed by atoms with van der Waals surface area (Å²) in [6.07, 6.45) is 5.64. The number of carbonyl (C=O) groups excluding carboxylic acids is 2. The van der Waals surface area contributed by atoms with E-state index < -0.39 is 0 Å². The van der Waals surface area contributed by atoms with Crippen LogP contribution in [-0.4, -0.2) is 42.9 Å². The first-order valence-corrected chi connectivity index (χ1v) is 8.37. The van der Waals surface area contributed by atoms with Crippen molar-refractivity contribution < 1.29 is 9.59 Å². The predicted molar refractivity (Wildman–Crippen MR) is 84.7 cm³/mol. The van der Waals surface area contributed by atoms with Crippen molar-refractivity contribution >= 4 is 11.8 Å². The minimum absolute atomic E-state index is 0.110. The van der Waals surface area contributed by atoms with Crippen LogP contribution in [0.25, 0.3) is 0 Å². The Morgan fingerprint density at radius 1 is 1.24 bits per heavy atom. The van der Waals surface area contributed by atoms with Crippen LogP contribution in [0, 0.1) is 11.8 Å². The van der Waals surface area contributed by atoms with E-state index in [1.54, 1.807) is 4.90 Å². The van der Waals surface area contributed by atoms with Gasteiger partial charge in [-0.15, -0.1) is 0 Å². The number of nitrogens with zero attached hydrogens (tertiary/aromatic N) is 1. The van der Waals surface area contributed by atoms with E-state index in [-0.39, 0.29) is 17.7 Å². The Bertz CT molecular complexity index is 327. The Hall–Kier alpha value is -1.10. The molecule has 1 aliphatic rings. The van der Waals surface area contributed by atoms with Crippen LogP contribution in [-0.2, 0) is 9.59 Å². The first-order valence-electron chi connectivity index (χ1n) is 8.37. The maximum atomic E-state index is 12.2. The number of nitrogens with one attached hydrogen (secondary N) is 1. The molecular formula is C16H31N3O2. The molecular weight excluding hydrogens is 266 g/mol. The van der Waals surface area contributed by atoms with Gasteiger partial charge in [-0.1, -0.05) is 12.8 Å². The third kappa shape index (κ3) is 6.04. The molecule has 0 aromatic rings. The lowest BCUT2D eigenvalue weighted by molar-refractivity contribution is -0.131. The zero-order chi connectivity index (χ0) is 15.7. The third-order valence-electron chi connectivity index (χ3n) is 4.48. The van der Waals surface area contributed by atoms with Crippen molar-refractivity contribution in [2.24, 2.45) is 17.6 Å². The van der Waals surface area contributed by atoms with Crippen LogP contribution in [0.3, 0.4) is 0 Å². The SMILES string of the molecule is CCN(CC)C(=O)CCNC(=O)C1CCCC(CCN)C1. The Balaban J connectivity index is 2.28. The summed E-state index contributed by atoms with van der Waals surface area (Å²) in [6, 6.07) is 0. The minimum Gasteiger partial charge on any atom is -0.355 e. The van der Waals surface area contributed by atoms with Gasteiger partial charge in [0.2, 0.25) is 11.8 Å². The van der Waals surface area contributed by atoms with E-state index in [4.69, 9.17) is 5.73 Å². The highest BCUT2D eigenvalue weighted by Gasteiger charge is 2.26. The molecule has 1 aliphatic carbocycles. The third-order valence-corrected chi connectivity index (χ3v) is 4.48. The number of nitrogens with two attached hydrogens (primary N) is 1. The van der Waals surface area contributed by atoms with Gasteiger partial charge in [0.25, 0.3) is 0 Å². The normalized spacial score (nSPS) is 21.9. The molecule has 5 heteroatoms. The molecule has 1 rings (SSSR count). The molecule has 0 bridgehead atoms. The van der Waals surface area contributed by atoms with Gasteiger partial charge >= 0.3 is 0 Å². The van der Waals surface area contributed by atoms with E-state index in [2.05, 4.69) is 5.32 Å². The zero-order valence-corrected chi connectivity index (χ0v) is 13.6. The van der Waals surface area contributed by atoms with Gasteiger partial charge in [0, 0.05) is 32.0 Å². The molecule has 122 valence electrons. The summed E-state index contributed by atoms with van der Waals surface area (Å²) in [6.45, 7) is 6.56. The second kappa shape index (κ2) is 9.77. The molecule has 1 fully saturated rings. The molecule has 0 saturated heterocycles. The monoisotopic (exact) mass is 297 g/mol. The molecule has 3 N–H and O–H groups in total. The van der Waals surface area contributed by atoms with E-state index in [0.29, 0.717) is 25.4 Å². The van der Waals surface area contributed by atoms with Crippen LogP contribution in [0.4, 0.5) is 0 Å². The fourth-order valence-corrected chi connectivity index (χ4v) is 3.20. The standard InChI is InChI=1S/C16H31N3O2/c1-3-19(4-2)15(20)9-11-18-16(21)14-7-5-6-13(12-14)8-10-17/h13-14H,3-12,17H2,1-2H3,(H,18,21). The number of amides is 2. The molecule has 1 saturated carbocycles. The smallest absolute Gasteiger partial charge is 0.224 e. The van der Waals surface area contributed by atoms with Crippen LogP contribution in [0.5, 0.6) is 0 Å². The molecule has 21 heavy (non-hydrogen) atoms. The van der Waals surface area contributed by atoms with Crippen LogP contribution in [0.15, 0.2) is 0 Å². The molecule has 0 spiro atoms. The van der Waals surface area contributed by atoms with Crippen molar-refractivity contribution in [1.29, 1.82) is 0 Å². The second-order valence-corrected chi connectivity index (χ2v) is 5.91. The molecule has 2 amide bonds. The van der Waals surface area contributed by atoms with Crippen LogP contribution >= 0.6 is 0 Å². The van der Waals surface area contributed by atoms with Crippen LogP contribution in [0.2, 0.25) is 0 Å². The number of hydrogen-bond acceptors (Lipinski definition) is 3. The molecule has 5 nitrogen and oxygen atoms in total. The maximum absolute atomic E-state index is 12.2. The summed E-state index contributed by atoms with van der Waals surface area (Å²) < 4.78 is 0. The molecule has 0 radical (unpaired) electrons. The minimum atomic E-state index is 0.110. The fourth-order valence-electron chi connectivity index (χ4n) is 3.20. The van der Waals surface area contributed by atoms with Crippen molar-refractivity contribution in [3.8, 4) is 0 Å². The van der Waals surface area contributed by atoms with E-state index in [1.165, 1.54) is 6.42 Å². The Kier molecular flexibility index (Phi) is 8.35. The summed E-state index contributed by atoms with van der Waals surface area (Å²) >= 11 is 0. The average molecular weight is 297 g/mol. The second-order valence-electron chi connectivity index (χ2n) is 5.91. The molecule has 2 unspecified atom stereocenters. The fraction of sp³-hybridized carbons (Fsp3) is 0.875. The largest absolute Gasteiger partial charge is 0.355 e. The quantitative estimate of drug-likeness (QED) is 0.713. The van der Waals surface area contributed by atoms with Gasteiger partial charge in [0.05, 0.1) is 0 Å². The molecule has 0 aromatic heterocycles. The van der Waals surface area contributed by atoms with Gasteiger partial charge in [-0.3, -0.25) is 9.59 Å². The lowest BCUT2D eigenvalue weighted by Gasteiger charge is -2.28.